The van der Waals surface area contributed by atoms with Crippen LogP contribution in [0.3, 0.4) is 0 Å². The normalized spacial score (nSPS) is 11.5. The van der Waals surface area contributed by atoms with Crippen LogP contribution in [0.4, 0.5) is 0 Å². The highest BCUT2D eigenvalue weighted by atomic mass is 16.6. The van der Waals surface area contributed by atoms with Crippen LogP contribution in [0, 0.1) is 0 Å². The summed E-state index contributed by atoms with van der Waals surface area (Å²) >= 11 is 0. The van der Waals surface area contributed by atoms with Crippen molar-refractivity contribution in [3.63, 3.8) is 0 Å². The summed E-state index contributed by atoms with van der Waals surface area (Å²) in [6.45, 7) is 34.5. The second kappa shape index (κ2) is 129. The number of hydrogen-bond acceptors (Lipinski definition) is 23. The van der Waals surface area contributed by atoms with Crippen molar-refractivity contribution >= 4 is 41.7 Å². The van der Waals surface area contributed by atoms with Crippen LogP contribution in [0.25, 0.3) is 0 Å². The molecule has 0 atom stereocenters. The maximum Gasteiger partial charge on any atom is 0.307 e. The fourth-order valence-electron chi connectivity index (χ4n) is 19.0. The lowest BCUT2D eigenvalue weighted by molar-refractivity contribution is -0.145. The first-order chi connectivity index (χ1) is 73.2. The molecule has 0 bridgehead atoms. The Morgan fingerprint density at radius 1 is 0.161 bits per heavy atom. The molecule has 0 spiro atoms. The van der Waals surface area contributed by atoms with Crippen molar-refractivity contribution in [2.45, 2.75) is 581 Å². The van der Waals surface area contributed by atoms with E-state index in [0.29, 0.717) is 157 Å². The van der Waals surface area contributed by atoms with Crippen molar-refractivity contribution < 1.29 is 62.0 Å². The van der Waals surface area contributed by atoms with E-state index in [9.17, 15) is 33.6 Å². The first-order valence-electron chi connectivity index (χ1n) is 64.5. The van der Waals surface area contributed by atoms with Crippen LogP contribution in [-0.2, 0) is 62.0 Å². The summed E-state index contributed by atoms with van der Waals surface area (Å²) in [4.78, 5) is 98.7. The summed E-state index contributed by atoms with van der Waals surface area (Å²) < 4.78 is 33.2. The van der Waals surface area contributed by atoms with E-state index in [0.717, 1.165) is 194 Å². The van der Waals surface area contributed by atoms with E-state index in [1.807, 2.05) is 0 Å². The molecule has 0 unspecified atom stereocenters. The second-order valence-corrected chi connectivity index (χ2v) is 43.4. The average molecular weight is 2120 g/mol. The van der Waals surface area contributed by atoms with Crippen LogP contribution in [0.1, 0.15) is 581 Å². The van der Waals surface area contributed by atoms with Crippen LogP contribution in [0.5, 0.6) is 0 Å². The van der Waals surface area contributed by atoms with E-state index in [4.69, 9.17) is 51.4 Å². The number of unbranched alkanes of at least 4 members (excludes halogenated alkanes) is 67. The number of carbonyl (C=O) groups excluding carboxylic acids is 7. The maximum absolute atomic E-state index is 12.8. The Labute approximate surface area is 921 Å². The van der Waals surface area contributed by atoms with Gasteiger partial charge < -0.3 is 86.5 Å². The van der Waals surface area contributed by atoms with Crippen LogP contribution < -0.4 is 33.6 Å². The number of amides is 1. The van der Waals surface area contributed by atoms with Crippen LogP contribution in [0.15, 0.2) is 0 Å². The number of nitrogens with one attached hydrogen (secondary N) is 2. The van der Waals surface area contributed by atoms with Crippen LogP contribution in [0.2, 0.25) is 0 Å². The van der Waals surface area contributed by atoms with Crippen molar-refractivity contribution in [2.24, 2.45) is 22.9 Å². The summed E-state index contributed by atoms with van der Waals surface area (Å²) in [5, 5.41) is 6.53. The molecule has 0 aliphatic rings. The van der Waals surface area contributed by atoms with Gasteiger partial charge >= 0.3 is 35.8 Å². The van der Waals surface area contributed by atoms with Crippen molar-refractivity contribution in [2.75, 3.05) is 184 Å². The highest BCUT2D eigenvalue weighted by Gasteiger charge is 2.20. The predicted molar refractivity (Wildman–Crippen MR) is 633 cm³/mol. The third kappa shape index (κ3) is 124. The summed E-state index contributed by atoms with van der Waals surface area (Å²) in [5.74, 6) is -0.679. The number of carbonyl (C=O) groups is 7. The van der Waals surface area contributed by atoms with Gasteiger partial charge in [-0.25, -0.2) is 0 Å². The van der Waals surface area contributed by atoms with E-state index < -0.39 is 0 Å². The lowest BCUT2D eigenvalue weighted by Crippen LogP contribution is -2.41. The van der Waals surface area contributed by atoms with E-state index in [1.54, 1.807) is 0 Å². The van der Waals surface area contributed by atoms with E-state index in [2.05, 4.69) is 83.6 Å². The monoisotopic (exact) mass is 2120 g/mol. The van der Waals surface area contributed by atoms with Crippen LogP contribution in [-0.4, -0.2) is 250 Å². The fraction of sp³-hybridized carbons (Fsp3) is 0.944. The molecule has 24 nitrogen and oxygen atoms in total. The predicted octanol–water partition coefficient (Wildman–Crippen LogP) is 28.8. The van der Waals surface area contributed by atoms with Gasteiger partial charge in [0.25, 0.3) is 0 Å². The number of rotatable bonds is 121. The second-order valence-electron chi connectivity index (χ2n) is 43.4. The number of esters is 6. The highest BCUT2D eigenvalue weighted by molar-refractivity contribution is 5.76. The largest absolute Gasteiger partial charge is 0.466 e. The summed E-state index contributed by atoms with van der Waals surface area (Å²) in [6, 6.07) is 0. The minimum absolute atomic E-state index is 0.0917. The number of hydrogen-bond donors (Lipinski definition) is 6. The molecule has 0 saturated carbocycles. The molecule has 10 N–H and O–H groups in total. The van der Waals surface area contributed by atoms with Gasteiger partial charge in [0.2, 0.25) is 5.91 Å². The molecule has 0 aromatic heterocycles. The van der Waals surface area contributed by atoms with Gasteiger partial charge in [0, 0.05) is 124 Å². The van der Waals surface area contributed by atoms with Gasteiger partial charge in [0.15, 0.2) is 0 Å². The molecular weight excluding hydrogens is 1860 g/mol. The minimum Gasteiger partial charge on any atom is -0.466 e. The first kappa shape index (κ1) is 149. The molecule has 0 aromatic carbocycles. The molecule has 0 rings (SSSR count). The Kier molecular flexibility index (Phi) is 129. The topological polar surface area (TPSA) is 319 Å². The maximum atomic E-state index is 12.8. The SMILES string of the molecule is CCCCCCCCCCCCNC(=O)CCN(CCCCCN)CCN(CCC(=O)OCCCCCCCCCCCC)CCC(=O)OCCCCCCCCCCCC.CCCCCCCCCCCCOC(=O)CCN(CCN)CCN(CCN)CCC(=O)OCCCCCCCCCCCC.CCCCCCCCCCCCOC(=O)CCNCCN(CCCCCN)CCC(=O)OCCCCCCCCCCCC. The molecule has 24 heteroatoms. The van der Waals surface area contributed by atoms with Crippen molar-refractivity contribution in [3.8, 4) is 0 Å². The number of nitrogens with zero attached hydrogens (tertiary/aromatic N) is 5. The van der Waals surface area contributed by atoms with Gasteiger partial charge in [-0.1, -0.05) is 466 Å². The molecule has 149 heavy (non-hydrogen) atoms. The average Bonchev–Trinajstić information content (AvgIpc) is 0.887. The van der Waals surface area contributed by atoms with Gasteiger partial charge in [-0.3, -0.25) is 33.6 Å². The molecule has 0 aliphatic heterocycles. The lowest BCUT2D eigenvalue weighted by atomic mass is 10.1. The molecule has 0 heterocycles. The Bertz CT molecular complexity index is 2570. The van der Waals surface area contributed by atoms with E-state index >= 15 is 0 Å². The molecule has 0 fully saturated rings. The van der Waals surface area contributed by atoms with Crippen LogP contribution >= 0.6 is 0 Å². The zero-order chi connectivity index (χ0) is 109. The Hall–Kier alpha value is -4.11. The first-order valence-corrected chi connectivity index (χ1v) is 64.5. The van der Waals surface area contributed by atoms with Gasteiger partial charge in [0.05, 0.1) is 78.2 Å². The third-order valence-electron chi connectivity index (χ3n) is 29.1. The van der Waals surface area contributed by atoms with E-state index in [1.165, 1.54) is 366 Å². The lowest BCUT2D eigenvalue weighted by Gasteiger charge is -2.27. The summed E-state index contributed by atoms with van der Waals surface area (Å²) in [5.41, 5.74) is 23.1. The van der Waals surface area contributed by atoms with Crippen molar-refractivity contribution in [1.82, 2.24) is 35.1 Å². The fourth-order valence-corrected chi connectivity index (χ4v) is 19.0. The molecule has 0 aromatic rings. The number of ether oxygens (including phenoxy) is 6. The third-order valence-corrected chi connectivity index (χ3v) is 29.1. The Balaban J connectivity index is -0.00000219. The van der Waals surface area contributed by atoms with Gasteiger partial charge in [0.1, 0.15) is 0 Å². The zero-order valence-corrected chi connectivity index (χ0v) is 99.8. The smallest absolute Gasteiger partial charge is 0.307 e. The molecule has 0 aliphatic carbocycles. The van der Waals surface area contributed by atoms with Gasteiger partial charge in [-0.15, -0.1) is 0 Å². The Morgan fingerprint density at radius 3 is 0.564 bits per heavy atom. The van der Waals surface area contributed by atoms with Gasteiger partial charge in [-0.2, -0.15) is 0 Å². The van der Waals surface area contributed by atoms with Gasteiger partial charge in [-0.05, 0) is 96.8 Å². The minimum atomic E-state index is -0.165. The summed E-state index contributed by atoms with van der Waals surface area (Å²) in [6.07, 6.45) is 97.8. The zero-order valence-electron chi connectivity index (χ0n) is 99.8. The standard InChI is InChI=1S/C52H104N4O5.C37H75N3O4.C36H74N4O4/c1-4-7-10-13-16-19-22-25-28-33-41-54-50(57)37-43-55(42-34-31-32-40-53)46-47-56(44-38-51(58)60-48-35-29-26-23-20-17-14-11-8-5-2)45-39-52(59)61-49-36-30-27-24-21-18-15-12-9-6-3;1-3-5-7-9-11-13-15-17-19-24-34-43-36(41)26-29-39-30-33-40(31-23-21-22-28-38)32-27-37(42)44-35-25-20-18-16-14-12-10-8-6-4-2;1-3-5-7-9-11-13-15-17-19-21-33-43-35(41)23-27-39(29-25-37)31-32-40(30-26-38)28-24-36(42)44-34-22-20-18-16-14-12-10-8-6-4-2/h4-49,53H2,1-3H3,(H,54,57);39H,3-35,38H2,1-2H3;3-34,37-38H2,1-2H3. The summed E-state index contributed by atoms with van der Waals surface area (Å²) in [7, 11) is 0. The highest BCUT2D eigenvalue weighted by Crippen LogP contribution is 2.20. The molecule has 0 saturated heterocycles. The Morgan fingerprint density at radius 2 is 0.342 bits per heavy atom. The molecule has 1 amide bonds. The molecular formula is C125H253N11O13. The molecule has 0 radical (unpaired) electrons. The van der Waals surface area contributed by atoms with E-state index in [-0.39, 0.29) is 41.7 Å². The van der Waals surface area contributed by atoms with Crippen molar-refractivity contribution in [3.05, 3.63) is 0 Å². The quantitative estimate of drug-likeness (QED) is 0.0187. The molecule has 886 valence electrons. The van der Waals surface area contributed by atoms with Crippen molar-refractivity contribution in [1.29, 1.82) is 0 Å². The number of nitrogens with two attached hydrogens (primary N) is 4.